The monoisotopic (exact) mass is 158 g/mol. The van der Waals surface area contributed by atoms with Gasteiger partial charge in [-0.25, -0.2) is 0 Å². The molecule has 0 aliphatic rings. The van der Waals surface area contributed by atoms with Crippen LogP contribution in [0.1, 0.15) is 20.3 Å². The van der Waals surface area contributed by atoms with Crippen LogP contribution in [0.4, 0.5) is 0 Å². The van der Waals surface area contributed by atoms with E-state index in [4.69, 9.17) is 10.5 Å². The second-order valence-corrected chi connectivity index (χ2v) is 3.22. The Labute approximate surface area is 68.5 Å². The van der Waals surface area contributed by atoms with Gasteiger partial charge in [-0.05, 0) is 27.9 Å². The zero-order chi connectivity index (χ0) is 9.02. The molecule has 0 aromatic heterocycles. The van der Waals surface area contributed by atoms with Gasteiger partial charge in [0.25, 0.3) is 0 Å². The molecular weight excluding hydrogens is 140 g/mol. The Morgan fingerprint density at radius 2 is 1.91 bits per heavy atom. The highest BCUT2D eigenvalue weighted by Crippen LogP contribution is 2.01. The summed E-state index contributed by atoms with van der Waals surface area (Å²) in [5.74, 6) is 0. The highest BCUT2D eigenvalue weighted by atomic mass is 16.3. The van der Waals surface area contributed by atoms with Gasteiger partial charge in [-0.3, -0.25) is 0 Å². The van der Waals surface area contributed by atoms with Crippen molar-refractivity contribution >= 4 is 5.71 Å². The van der Waals surface area contributed by atoms with Gasteiger partial charge < -0.3 is 15.4 Å². The van der Waals surface area contributed by atoms with Gasteiger partial charge in [-0.15, -0.1) is 0 Å². The average molecular weight is 158 g/mol. The van der Waals surface area contributed by atoms with E-state index in [1.165, 1.54) is 0 Å². The molecule has 0 bridgehead atoms. The minimum atomic E-state index is -0.600. The van der Waals surface area contributed by atoms with Crippen LogP contribution in [-0.4, -0.2) is 42.0 Å². The van der Waals surface area contributed by atoms with E-state index < -0.39 is 6.10 Å². The number of hydrogen-bond donors (Lipinski definition) is 2. The second kappa shape index (κ2) is 4.46. The summed E-state index contributed by atoms with van der Waals surface area (Å²) in [6.07, 6.45) is 0.0439. The summed E-state index contributed by atoms with van der Waals surface area (Å²) >= 11 is 0. The molecule has 0 saturated carbocycles. The molecule has 0 fully saturated rings. The van der Waals surface area contributed by atoms with Crippen LogP contribution >= 0.6 is 0 Å². The third kappa shape index (κ3) is 4.11. The first-order valence-electron chi connectivity index (χ1n) is 3.87. The van der Waals surface area contributed by atoms with Crippen LogP contribution in [0, 0.1) is 5.41 Å². The molecule has 0 radical (unpaired) electrons. The summed E-state index contributed by atoms with van der Waals surface area (Å²) < 4.78 is 0. The molecule has 0 heterocycles. The van der Waals surface area contributed by atoms with Gasteiger partial charge in [-0.2, -0.15) is 0 Å². The van der Waals surface area contributed by atoms with E-state index in [0.717, 1.165) is 0 Å². The Balaban J connectivity index is 3.76. The molecule has 0 spiro atoms. The number of nitrogens with zero attached hydrogens (tertiary/aromatic N) is 1. The van der Waals surface area contributed by atoms with Gasteiger partial charge in [0.15, 0.2) is 0 Å². The van der Waals surface area contributed by atoms with Gasteiger partial charge in [0, 0.05) is 18.2 Å². The lowest BCUT2D eigenvalue weighted by molar-refractivity contribution is 0.250. The summed E-state index contributed by atoms with van der Waals surface area (Å²) in [6.45, 7) is 3.67. The first kappa shape index (κ1) is 10.6. The minimum absolute atomic E-state index is 0.331. The summed E-state index contributed by atoms with van der Waals surface area (Å²) in [5.41, 5.74) is 0.409. The molecular formula is C8H18N2O. The van der Waals surface area contributed by atoms with Crippen molar-refractivity contribution in [1.29, 1.82) is 5.41 Å². The minimum Gasteiger partial charge on any atom is -0.387 e. The van der Waals surface area contributed by atoms with Crippen LogP contribution in [0.25, 0.3) is 0 Å². The second-order valence-electron chi connectivity index (χ2n) is 3.22. The highest BCUT2D eigenvalue weighted by Gasteiger charge is 2.10. The molecule has 0 aliphatic heterocycles. The van der Waals surface area contributed by atoms with Crippen LogP contribution in [0.3, 0.4) is 0 Å². The SMILES string of the molecule is CC(O)C(=N)CC(C)N(C)C. The van der Waals surface area contributed by atoms with Crippen molar-refractivity contribution in [3.8, 4) is 0 Å². The number of aliphatic hydroxyl groups excluding tert-OH is 1. The molecule has 2 atom stereocenters. The van der Waals surface area contributed by atoms with E-state index in [0.29, 0.717) is 18.2 Å². The molecule has 2 N–H and O–H groups in total. The normalized spacial score (nSPS) is 16.5. The standard InChI is InChI=1S/C8H18N2O/c1-6(10(3)4)5-8(9)7(2)11/h6-7,9,11H,5H2,1-4H3. The van der Waals surface area contributed by atoms with E-state index in [9.17, 15) is 0 Å². The summed E-state index contributed by atoms with van der Waals surface area (Å²) in [6, 6.07) is 0.331. The van der Waals surface area contributed by atoms with Gasteiger partial charge in [0.1, 0.15) is 0 Å². The number of nitrogens with one attached hydrogen (secondary N) is 1. The molecule has 0 aliphatic carbocycles. The highest BCUT2D eigenvalue weighted by molar-refractivity contribution is 5.85. The fourth-order valence-corrected chi connectivity index (χ4v) is 0.671. The van der Waals surface area contributed by atoms with E-state index in [2.05, 4.69) is 0 Å². The molecule has 0 aromatic carbocycles. The predicted molar refractivity (Wildman–Crippen MR) is 47.2 cm³/mol. The molecule has 0 rings (SSSR count). The van der Waals surface area contributed by atoms with Crippen molar-refractivity contribution in [1.82, 2.24) is 4.90 Å². The van der Waals surface area contributed by atoms with Crippen molar-refractivity contribution in [3.05, 3.63) is 0 Å². The lowest BCUT2D eigenvalue weighted by atomic mass is 10.1. The van der Waals surface area contributed by atoms with Gasteiger partial charge in [0.05, 0.1) is 6.10 Å². The molecule has 11 heavy (non-hydrogen) atoms. The van der Waals surface area contributed by atoms with Gasteiger partial charge in [-0.1, -0.05) is 0 Å². The van der Waals surface area contributed by atoms with Crippen molar-refractivity contribution in [2.75, 3.05) is 14.1 Å². The predicted octanol–water partition coefficient (Wildman–Crippen LogP) is 0.727. The van der Waals surface area contributed by atoms with E-state index >= 15 is 0 Å². The van der Waals surface area contributed by atoms with Crippen LogP contribution in [0.15, 0.2) is 0 Å². The van der Waals surface area contributed by atoms with E-state index in [1.54, 1.807) is 6.92 Å². The van der Waals surface area contributed by atoms with Crippen molar-refractivity contribution < 1.29 is 5.11 Å². The maximum Gasteiger partial charge on any atom is 0.0886 e. The smallest absolute Gasteiger partial charge is 0.0886 e. The molecule has 0 saturated heterocycles. The Bertz CT molecular complexity index is 132. The van der Waals surface area contributed by atoms with Gasteiger partial charge in [0.2, 0.25) is 0 Å². The van der Waals surface area contributed by atoms with Gasteiger partial charge >= 0.3 is 0 Å². The Kier molecular flexibility index (Phi) is 4.30. The van der Waals surface area contributed by atoms with Crippen molar-refractivity contribution in [3.63, 3.8) is 0 Å². The topological polar surface area (TPSA) is 47.3 Å². The largest absolute Gasteiger partial charge is 0.387 e. The number of hydrogen-bond acceptors (Lipinski definition) is 3. The quantitative estimate of drug-likeness (QED) is 0.592. The van der Waals surface area contributed by atoms with Crippen molar-refractivity contribution in [2.24, 2.45) is 0 Å². The zero-order valence-electron chi connectivity index (χ0n) is 7.76. The van der Waals surface area contributed by atoms with E-state index in [1.807, 2.05) is 25.9 Å². The Morgan fingerprint density at radius 1 is 1.45 bits per heavy atom. The fraction of sp³-hybridized carbons (Fsp3) is 0.875. The summed E-state index contributed by atoms with van der Waals surface area (Å²) in [7, 11) is 3.94. The molecule has 3 heteroatoms. The number of aliphatic hydroxyl groups is 1. The average Bonchev–Trinajstić information content (AvgIpc) is 1.87. The van der Waals surface area contributed by atoms with Crippen LogP contribution in [0.5, 0.6) is 0 Å². The lowest BCUT2D eigenvalue weighted by Crippen LogP contribution is -2.30. The fourth-order valence-electron chi connectivity index (χ4n) is 0.671. The molecule has 66 valence electrons. The summed E-state index contributed by atoms with van der Waals surface area (Å²) in [4.78, 5) is 2.04. The third-order valence-corrected chi connectivity index (χ3v) is 1.90. The Morgan fingerprint density at radius 3 is 2.18 bits per heavy atom. The van der Waals surface area contributed by atoms with Crippen LogP contribution < -0.4 is 0 Å². The van der Waals surface area contributed by atoms with E-state index in [-0.39, 0.29) is 0 Å². The van der Waals surface area contributed by atoms with Crippen LogP contribution in [-0.2, 0) is 0 Å². The maximum atomic E-state index is 9.01. The lowest BCUT2D eigenvalue weighted by Gasteiger charge is -2.20. The third-order valence-electron chi connectivity index (χ3n) is 1.90. The molecule has 2 unspecified atom stereocenters. The Hall–Kier alpha value is -0.410. The zero-order valence-corrected chi connectivity index (χ0v) is 7.76. The maximum absolute atomic E-state index is 9.01. The molecule has 3 nitrogen and oxygen atoms in total. The number of rotatable bonds is 4. The first-order chi connectivity index (χ1) is 4.95. The summed E-state index contributed by atoms with van der Waals surface area (Å²) in [5, 5.41) is 16.4. The molecule has 0 aromatic rings. The first-order valence-corrected chi connectivity index (χ1v) is 3.87. The van der Waals surface area contributed by atoms with Crippen molar-refractivity contribution in [2.45, 2.75) is 32.4 Å². The van der Waals surface area contributed by atoms with Crippen LogP contribution in [0.2, 0.25) is 0 Å². The molecule has 0 amide bonds.